The summed E-state index contributed by atoms with van der Waals surface area (Å²) in [6.07, 6.45) is 3.54. The average molecular weight is 506 g/mol. The fourth-order valence-corrected chi connectivity index (χ4v) is 5.50. The first-order valence-electron chi connectivity index (χ1n) is 10.9. The molecule has 0 bridgehead atoms. The second-order valence-electron chi connectivity index (χ2n) is 8.20. The number of rotatable bonds is 6. The molecule has 180 valence electrons. The summed E-state index contributed by atoms with van der Waals surface area (Å²) >= 11 is 12.7. The van der Waals surface area contributed by atoms with E-state index in [1.165, 1.54) is 20.3 Å². The lowest BCUT2D eigenvalue weighted by molar-refractivity contribution is -0.141. The molecule has 0 aromatic heterocycles. The number of amides is 1. The van der Waals surface area contributed by atoms with Gasteiger partial charge in [0.1, 0.15) is 16.5 Å². The number of ketones is 1. The van der Waals surface area contributed by atoms with Crippen molar-refractivity contribution in [3.8, 4) is 17.2 Å². The normalized spacial score (nSPS) is 20.1. The van der Waals surface area contributed by atoms with Crippen LogP contribution >= 0.6 is 23.2 Å². The maximum Gasteiger partial charge on any atom is 0.295 e. The molecular weight excluding hydrogens is 481 g/mol. The molecule has 1 N–H and O–H groups in total. The molecule has 9 heteroatoms. The minimum Gasteiger partial charge on any atom is -0.507 e. The Morgan fingerprint density at radius 3 is 2.15 bits per heavy atom. The standard InChI is InChI=1S/C25H25Cl2NO6/c1-32-15-10-8-13(9-11-15)20-18(22(30)25(31)28(20)14-6-4-5-7-14)21(29)16-12-17(26)24(34-3)19(27)23(16)33-2/h8-12,14,20,29H,4-7H2,1-3H3/b21-18+. The van der Waals surface area contributed by atoms with Gasteiger partial charge < -0.3 is 24.2 Å². The number of benzene rings is 2. The van der Waals surface area contributed by atoms with Gasteiger partial charge in [0.2, 0.25) is 0 Å². The number of hydrogen-bond donors (Lipinski definition) is 1. The Morgan fingerprint density at radius 1 is 0.971 bits per heavy atom. The van der Waals surface area contributed by atoms with E-state index in [0.717, 1.165) is 25.7 Å². The Bertz CT molecular complexity index is 1150. The summed E-state index contributed by atoms with van der Waals surface area (Å²) in [6, 6.07) is 7.62. The molecule has 2 aromatic rings. The first-order chi connectivity index (χ1) is 16.3. The monoisotopic (exact) mass is 505 g/mol. The summed E-state index contributed by atoms with van der Waals surface area (Å²) in [7, 11) is 4.34. The fraction of sp³-hybridized carbons (Fsp3) is 0.360. The van der Waals surface area contributed by atoms with Crippen LogP contribution < -0.4 is 14.2 Å². The minimum atomic E-state index is -0.779. The second kappa shape index (κ2) is 9.76. The molecule has 4 rings (SSSR count). The lowest BCUT2D eigenvalue weighted by atomic mass is 9.94. The number of halogens is 2. The van der Waals surface area contributed by atoms with Crippen molar-refractivity contribution in [2.24, 2.45) is 0 Å². The number of Topliss-reactive ketones (excluding diaryl/α,β-unsaturated/α-hetero) is 1. The number of aliphatic hydroxyl groups is 1. The summed E-state index contributed by atoms with van der Waals surface area (Å²) in [5.41, 5.74) is 0.733. The van der Waals surface area contributed by atoms with Crippen molar-refractivity contribution in [3.63, 3.8) is 0 Å². The Labute approximate surface area is 207 Å². The molecule has 2 aliphatic rings. The second-order valence-corrected chi connectivity index (χ2v) is 8.99. The molecule has 1 unspecified atom stereocenters. The van der Waals surface area contributed by atoms with Crippen molar-refractivity contribution in [2.45, 2.75) is 37.8 Å². The van der Waals surface area contributed by atoms with Crippen LogP contribution in [-0.2, 0) is 9.59 Å². The SMILES string of the molecule is COc1ccc(C2/C(=C(\O)c3cc(Cl)c(OC)c(Cl)c3OC)C(=O)C(=O)N2C2CCCC2)cc1. The smallest absolute Gasteiger partial charge is 0.295 e. The first kappa shape index (κ1) is 24.2. The van der Waals surface area contributed by atoms with E-state index < -0.39 is 23.5 Å². The largest absolute Gasteiger partial charge is 0.507 e. The zero-order valence-corrected chi connectivity index (χ0v) is 20.6. The third-order valence-corrected chi connectivity index (χ3v) is 7.05. The van der Waals surface area contributed by atoms with Crippen LogP contribution in [0.2, 0.25) is 10.0 Å². The van der Waals surface area contributed by atoms with Crippen LogP contribution in [0.4, 0.5) is 0 Å². The van der Waals surface area contributed by atoms with Gasteiger partial charge in [0.15, 0.2) is 11.5 Å². The molecule has 0 spiro atoms. The van der Waals surface area contributed by atoms with Crippen molar-refractivity contribution < 1.29 is 28.9 Å². The van der Waals surface area contributed by atoms with Gasteiger partial charge in [0.05, 0.1) is 43.5 Å². The summed E-state index contributed by atoms with van der Waals surface area (Å²) in [4.78, 5) is 28.2. The van der Waals surface area contributed by atoms with Crippen molar-refractivity contribution in [3.05, 3.63) is 57.1 Å². The number of ether oxygens (including phenoxy) is 3. The number of hydrogen-bond acceptors (Lipinski definition) is 6. The van der Waals surface area contributed by atoms with Gasteiger partial charge in [-0.05, 0) is 36.6 Å². The summed E-state index contributed by atoms with van der Waals surface area (Å²) in [5, 5.41) is 11.6. The van der Waals surface area contributed by atoms with Gasteiger partial charge in [-0.2, -0.15) is 0 Å². The molecule has 0 radical (unpaired) electrons. The molecule has 1 aliphatic carbocycles. The molecule has 1 saturated carbocycles. The maximum atomic E-state index is 13.3. The number of likely N-dealkylation sites (tertiary alicyclic amines) is 1. The Morgan fingerprint density at radius 2 is 1.59 bits per heavy atom. The lowest BCUT2D eigenvalue weighted by Crippen LogP contribution is -2.37. The third-order valence-electron chi connectivity index (χ3n) is 6.42. The van der Waals surface area contributed by atoms with E-state index in [1.54, 1.807) is 36.3 Å². The number of aliphatic hydroxyl groups excluding tert-OH is 1. The molecular formula is C25H25Cl2NO6. The van der Waals surface area contributed by atoms with Crippen LogP contribution in [0.1, 0.15) is 42.9 Å². The predicted molar refractivity (Wildman–Crippen MR) is 129 cm³/mol. The highest BCUT2D eigenvalue weighted by Gasteiger charge is 2.49. The molecule has 1 saturated heterocycles. The molecule has 2 aromatic carbocycles. The van der Waals surface area contributed by atoms with Crippen molar-refractivity contribution in [2.75, 3.05) is 21.3 Å². The van der Waals surface area contributed by atoms with Crippen molar-refractivity contribution >= 4 is 40.7 Å². The van der Waals surface area contributed by atoms with E-state index in [2.05, 4.69) is 0 Å². The van der Waals surface area contributed by atoms with Gasteiger partial charge in [-0.15, -0.1) is 0 Å². The average Bonchev–Trinajstić information content (AvgIpc) is 3.45. The highest BCUT2D eigenvalue weighted by Crippen LogP contribution is 2.48. The van der Waals surface area contributed by atoms with Gasteiger partial charge in [0, 0.05) is 6.04 Å². The third kappa shape index (κ3) is 3.97. The predicted octanol–water partition coefficient (Wildman–Crippen LogP) is 5.38. The lowest BCUT2D eigenvalue weighted by Gasteiger charge is -2.31. The van der Waals surface area contributed by atoms with E-state index in [1.807, 2.05) is 0 Å². The van der Waals surface area contributed by atoms with Crippen LogP contribution in [0.25, 0.3) is 5.76 Å². The number of carbonyl (C=O) groups is 2. The van der Waals surface area contributed by atoms with Gasteiger partial charge in [-0.3, -0.25) is 9.59 Å². The van der Waals surface area contributed by atoms with Crippen LogP contribution in [0.3, 0.4) is 0 Å². The van der Waals surface area contributed by atoms with Crippen LogP contribution in [0.15, 0.2) is 35.9 Å². The zero-order chi connectivity index (χ0) is 24.6. The van der Waals surface area contributed by atoms with E-state index in [9.17, 15) is 14.7 Å². The number of methoxy groups -OCH3 is 3. The summed E-state index contributed by atoms with van der Waals surface area (Å²) in [6.45, 7) is 0. The number of nitrogens with zero attached hydrogens (tertiary/aromatic N) is 1. The van der Waals surface area contributed by atoms with Crippen molar-refractivity contribution in [1.29, 1.82) is 0 Å². The van der Waals surface area contributed by atoms with E-state index in [4.69, 9.17) is 37.4 Å². The van der Waals surface area contributed by atoms with Crippen molar-refractivity contribution in [1.82, 2.24) is 4.90 Å². The molecule has 2 fully saturated rings. The Balaban J connectivity index is 1.95. The molecule has 1 atom stereocenters. The quantitative estimate of drug-likeness (QED) is 0.322. The maximum absolute atomic E-state index is 13.3. The highest BCUT2D eigenvalue weighted by atomic mass is 35.5. The summed E-state index contributed by atoms with van der Waals surface area (Å²) in [5.74, 6) is -0.926. The number of carbonyl (C=O) groups excluding carboxylic acids is 2. The van der Waals surface area contributed by atoms with Gasteiger partial charge >= 0.3 is 0 Å². The van der Waals surface area contributed by atoms with Crippen LogP contribution in [-0.4, -0.2) is 49.1 Å². The topological polar surface area (TPSA) is 85.3 Å². The molecule has 34 heavy (non-hydrogen) atoms. The molecule has 1 amide bonds. The fourth-order valence-electron chi connectivity index (χ4n) is 4.81. The molecule has 7 nitrogen and oxygen atoms in total. The van der Waals surface area contributed by atoms with Gasteiger partial charge in [-0.25, -0.2) is 0 Å². The summed E-state index contributed by atoms with van der Waals surface area (Å²) < 4.78 is 15.9. The Hall–Kier alpha value is -2.90. The molecule has 1 heterocycles. The highest BCUT2D eigenvalue weighted by molar-refractivity contribution is 6.47. The van der Waals surface area contributed by atoms with Crippen LogP contribution in [0.5, 0.6) is 17.2 Å². The van der Waals surface area contributed by atoms with Gasteiger partial charge in [-0.1, -0.05) is 48.2 Å². The van der Waals surface area contributed by atoms with E-state index >= 15 is 0 Å². The minimum absolute atomic E-state index is 0.0438. The Kier molecular flexibility index (Phi) is 6.96. The van der Waals surface area contributed by atoms with Crippen LogP contribution in [0, 0.1) is 0 Å². The zero-order valence-electron chi connectivity index (χ0n) is 19.1. The van der Waals surface area contributed by atoms with E-state index in [-0.39, 0.29) is 38.7 Å². The van der Waals surface area contributed by atoms with E-state index in [0.29, 0.717) is 11.3 Å². The first-order valence-corrected chi connectivity index (χ1v) is 11.6. The molecule has 1 aliphatic heterocycles. The van der Waals surface area contributed by atoms with Gasteiger partial charge in [0.25, 0.3) is 11.7 Å².